The van der Waals surface area contributed by atoms with E-state index in [1.807, 2.05) is 18.2 Å². The molecule has 2 unspecified atom stereocenters. The highest BCUT2D eigenvalue weighted by Gasteiger charge is 2.26. The van der Waals surface area contributed by atoms with Gasteiger partial charge in [0, 0.05) is 37.7 Å². The van der Waals surface area contributed by atoms with E-state index in [1.54, 1.807) is 6.92 Å². The second-order valence-corrected chi connectivity index (χ2v) is 8.21. The highest BCUT2D eigenvalue weighted by atomic mass is 35.5. The first-order chi connectivity index (χ1) is 15.1. The lowest BCUT2D eigenvalue weighted by atomic mass is 9.96. The van der Waals surface area contributed by atoms with Gasteiger partial charge in [0.25, 0.3) is 0 Å². The summed E-state index contributed by atoms with van der Waals surface area (Å²) in [5.74, 6) is -0.444. The molecule has 0 aromatic heterocycles. The molecule has 1 N–H and O–H groups in total. The van der Waals surface area contributed by atoms with Crippen molar-refractivity contribution in [2.45, 2.75) is 19.1 Å². The van der Waals surface area contributed by atoms with Crippen LogP contribution in [0.2, 0.25) is 5.02 Å². The monoisotopic (exact) mass is 482 g/mol. The van der Waals surface area contributed by atoms with Crippen molar-refractivity contribution in [1.82, 2.24) is 9.80 Å². The second-order valence-electron chi connectivity index (χ2n) is 7.78. The van der Waals surface area contributed by atoms with Crippen molar-refractivity contribution in [1.29, 1.82) is 0 Å². The summed E-state index contributed by atoms with van der Waals surface area (Å²) in [6, 6.07) is 18.9. The van der Waals surface area contributed by atoms with E-state index < -0.39 is 12.1 Å². The Bertz CT molecular complexity index is 799. The van der Waals surface area contributed by atoms with E-state index in [-0.39, 0.29) is 31.7 Å². The minimum Gasteiger partial charge on any atom is -0.459 e. The van der Waals surface area contributed by atoms with Gasteiger partial charge < -0.3 is 14.6 Å². The molecule has 2 atom stereocenters. The summed E-state index contributed by atoms with van der Waals surface area (Å²) in [6.45, 7) is 6.38. The van der Waals surface area contributed by atoms with Gasteiger partial charge in [0.05, 0.1) is 19.3 Å². The molecular weight excluding hydrogens is 451 g/mol. The molecule has 176 valence electrons. The highest BCUT2D eigenvalue weighted by Crippen LogP contribution is 2.30. The normalized spacial score (nSPS) is 16.7. The molecular formula is C24H32Cl2N2O4. The number of benzene rings is 2. The van der Waals surface area contributed by atoms with Crippen LogP contribution in [-0.2, 0) is 14.3 Å². The lowest BCUT2D eigenvalue weighted by Crippen LogP contribution is -2.48. The minimum atomic E-state index is -0.498. The quantitative estimate of drug-likeness (QED) is 0.413. The molecule has 8 heteroatoms. The molecule has 0 amide bonds. The van der Waals surface area contributed by atoms with Gasteiger partial charge in [0.1, 0.15) is 12.7 Å². The molecule has 0 bridgehead atoms. The number of aliphatic hydroxyl groups excluding tert-OH is 1. The van der Waals surface area contributed by atoms with Crippen LogP contribution in [0.4, 0.5) is 0 Å². The number of hydrogen-bond acceptors (Lipinski definition) is 6. The maximum atomic E-state index is 11.6. The van der Waals surface area contributed by atoms with Crippen LogP contribution in [0.15, 0.2) is 54.6 Å². The summed E-state index contributed by atoms with van der Waals surface area (Å²) in [5.41, 5.74) is 2.51. The zero-order valence-electron chi connectivity index (χ0n) is 18.4. The summed E-state index contributed by atoms with van der Waals surface area (Å²) in [7, 11) is 0. The number of nitrogens with zero attached hydrogens (tertiary/aromatic N) is 2. The number of esters is 1. The third-order valence-electron chi connectivity index (χ3n) is 5.43. The number of carbonyl (C=O) groups excluding carboxylic acids is 1. The van der Waals surface area contributed by atoms with Gasteiger partial charge in [0.2, 0.25) is 0 Å². The molecule has 0 spiro atoms. The number of hydrogen-bond donors (Lipinski definition) is 1. The largest absolute Gasteiger partial charge is 0.459 e. The molecule has 1 aliphatic heterocycles. The molecule has 2 aromatic carbocycles. The predicted octanol–water partition coefficient (Wildman–Crippen LogP) is 3.41. The maximum Gasteiger partial charge on any atom is 0.332 e. The number of carbonyl (C=O) groups is 1. The van der Waals surface area contributed by atoms with Crippen molar-refractivity contribution in [2.75, 3.05) is 52.5 Å². The van der Waals surface area contributed by atoms with Crippen LogP contribution in [0.25, 0.3) is 0 Å². The Hall–Kier alpha value is -1.67. The van der Waals surface area contributed by atoms with Crippen LogP contribution in [0.5, 0.6) is 0 Å². The zero-order chi connectivity index (χ0) is 22.1. The van der Waals surface area contributed by atoms with Crippen LogP contribution in [-0.4, -0.2) is 79.5 Å². The average Bonchev–Trinajstić information content (AvgIpc) is 2.80. The lowest BCUT2D eigenvalue weighted by molar-refractivity contribution is -0.155. The molecule has 1 fully saturated rings. The molecule has 1 saturated heterocycles. The van der Waals surface area contributed by atoms with Crippen molar-refractivity contribution in [3.05, 3.63) is 70.7 Å². The van der Waals surface area contributed by atoms with Crippen molar-refractivity contribution in [2.24, 2.45) is 0 Å². The maximum absolute atomic E-state index is 11.6. The van der Waals surface area contributed by atoms with E-state index in [2.05, 4.69) is 46.2 Å². The summed E-state index contributed by atoms with van der Waals surface area (Å²) >= 11 is 6.11. The van der Waals surface area contributed by atoms with E-state index in [9.17, 15) is 4.79 Å². The van der Waals surface area contributed by atoms with Crippen molar-refractivity contribution in [3.63, 3.8) is 0 Å². The van der Waals surface area contributed by atoms with Gasteiger partial charge in [-0.15, -0.1) is 12.4 Å². The number of aliphatic hydroxyl groups is 1. The number of piperazine rings is 1. The highest BCUT2D eigenvalue weighted by molar-refractivity contribution is 6.30. The van der Waals surface area contributed by atoms with E-state index in [4.69, 9.17) is 26.2 Å². The van der Waals surface area contributed by atoms with Gasteiger partial charge in [0.15, 0.2) is 0 Å². The SMILES string of the molecule is CC(CO)OC(=O)COCCN1CCN(C(c2ccccc2)c2ccc(Cl)cc2)CC1.Cl. The number of halogens is 2. The molecule has 2 aromatic rings. The van der Waals surface area contributed by atoms with E-state index in [0.29, 0.717) is 6.61 Å². The molecule has 6 nitrogen and oxygen atoms in total. The number of ether oxygens (including phenoxy) is 2. The van der Waals surface area contributed by atoms with Crippen LogP contribution in [0.1, 0.15) is 24.1 Å². The summed E-state index contributed by atoms with van der Waals surface area (Å²) in [6.07, 6.45) is -0.498. The second kappa shape index (κ2) is 13.8. The molecule has 0 radical (unpaired) electrons. The Balaban J connectivity index is 0.00000363. The number of rotatable bonds is 10. The third-order valence-corrected chi connectivity index (χ3v) is 5.69. The molecule has 3 rings (SSSR count). The van der Waals surface area contributed by atoms with Gasteiger partial charge in [-0.1, -0.05) is 54.1 Å². The smallest absolute Gasteiger partial charge is 0.332 e. The fourth-order valence-corrected chi connectivity index (χ4v) is 3.91. The minimum absolute atomic E-state index is 0. The van der Waals surface area contributed by atoms with Gasteiger partial charge in [-0.2, -0.15) is 0 Å². The van der Waals surface area contributed by atoms with Crippen LogP contribution >= 0.6 is 24.0 Å². The van der Waals surface area contributed by atoms with Gasteiger partial charge in [-0.05, 0) is 30.2 Å². The molecule has 32 heavy (non-hydrogen) atoms. The van der Waals surface area contributed by atoms with Crippen LogP contribution < -0.4 is 0 Å². The predicted molar refractivity (Wildman–Crippen MR) is 128 cm³/mol. The first kappa shape index (κ1) is 26.6. The van der Waals surface area contributed by atoms with Crippen LogP contribution in [0, 0.1) is 0 Å². The van der Waals surface area contributed by atoms with Gasteiger partial charge in [-0.25, -0.2) is 4.79 Å². The first-order valence-electron chi connectivity index (χ1n) is 10.7. The van der Waals surface area contributed by atoms with Crippen molar-refractivity contribution in [3.8, 4) is 0 Å². The van der Waals surface area contributed by atoms with Crippen LogP contribution in [0.3, 0.4) is 0 Å². The Morgan fingerprint density at radius 3 is 2.28 bits per heavy atom. The topological polar surface area (TPSA) is 62.2 Å². The third kappa shape index (κ3) is 8.03. The van der Waals surface area contributed by atoms with E-state index >= 15 is 0 Å². The summed E-state index contributed by atoms with van der Waals surface area (Å²) < 4.78 is 10.4. The van der Waals surface area contributed by atoms with Gasteiger partial charge >= 0.3 is 5.97 Å². The molecule has 1 heterocycles. The first-order valence-corrected chi connectivity index (χ1v) is 11.1. The van der Waals surface area contributed by atoms with Crippen molar-refractivity contribution >= 4 is 30.0 Å². The Labute approximate surface area is 201 Å². The molecule has 0 saturated carbocycles. The Kier molecular flexibility index (Phi) is 11.4. The van der Waals surface area contributed by atoms with E-state index in [1.165, 1.54) is 11.1 Å². The van der Waals surface area contributed by atoms with Crippen molar-refractivity contribution < 1.29 is 19.4 Å². The Morgan fingerprint density at radius 1 is 1.03 bits per heavy atom. The standard InChI is InChI=1S/C24H31ClN2O4.ClH/c1-19(17-28)31-23(29)18-30-16-15-26-11-13-27(14-12-26)24(20-5-3-2-4-6-20)21-7-9-22(25)10-8-21;/h2-10,19,24,28H,11-18H2,1H3;1H. The van der Waals surface area contributed by atoms with Gasteiger partial charge in [-0.3, -0.25) is 9.80 Å². The van der Waals surface area contributed by atoms with E-state index in [0.717, 1.165) is 37.7 Å². The lowest BCUT2D eigenvalue weighted by Gasteiger charge is -2.39. The average molecular weight is 483 g/mol. The fraction of sp³-hybridized carbons (Fsp3) is 0.458. The zero-order valence-corrected chi connectivity index (χ0v) is 19.9. The summed E-state index contributed by atoms with van der Waals surface area (Å²) in [4.78, 5) is 16.4. The molecule has 0 aliphatic carbocycles. The molecule has 1 aliphatic rings. The Morgan fingerprint density at radius 2 is 1.66 bits per heavy atom. The summed E-state index contributed by atoms with van der Waals surface area (Å²) in [5, 5.41) is 9.65. The fourth-order valence-electron chi connectivity index (χ4n) is 3.78.